The fourth-order valence-electron chi connectivity index (χ4n) is 2.30. The minimum Gasteiger partial charge on any atom is -0.393 e. The lowest BCUT2D eigenvalue weighted by molar-refractivity contribution is 0.145. The number of hydrogen-bond donors (Lipinski definition) is 2. The number of nitrogens with zero attached hydrogens (tertiary/aromatic N) is 3. The molecule has 5 nitrogen and oxygen atoms in total. The van der Waals surface area contributed by atoms with E-state index in [1.807, 2.05) is 16.0 Å². The summed E-state index contributed by atoms with van der Waals surface area (Å²) in [4.78, 5) is 7.62. The van der Waals surface area contributed by atoms with Gasteiger partial charge in [-0.1, -0.05) is 0 Å². The molecule has 0 unspecified atom stereocenters. The predicted octanol–water partition coefficient (Wildman–Crippen LogP) is 0.849. The molecule has 0 aromatic carbocycles. The molecule has 0 atom stereocenters. The van der Waals surface area contributed by atoms with Crippen LogP contribution in [0.25, 0.3) is 4.96 Å². The molecule has 3 heterocycles. The number of aliphatic hydroxyl groups is 2. The maximum absolute atomic E-state index is 9.50. The molecule has 2 aromatic rings. The first-order chi connectivity index (χ1) is 8.29. The maximum Gasteiger partial charge on any atom is 0.195 e. The molecule has 92 valence electrons. The molecule has 3 rings (SSSR count). The van der Waals surface area contributed by atoms with Crippen LogP contribution in [-0.2, 0) is 6.61 Å². The highest BCUT2D eigenvalue weighted by Gasteiger charge is 2.23. The summed E-state index contributed by atoms with van der Waals surface area (Å²) in [5, 5.41) is 20.9. The van der Waals surface area contributed by atoms with Crippen LogP contribution in [0.5, 0.6) is 0 Å². The van der Waals surface area contributed by atoms with E-state index in [0.29, 0.717) is 0 Å². The average molecular weight is 253 g/mol. The zero-order chi connectivity index (χ0) is 11.8. The van der Waals surface area contributed by atoms with Crippen molar-refractivity contribution in [2.24, 2.45) is 0 Å². The third-order valence-corrected chi connectivity index (χ3v) is 4.01. The smallest absolute Gasteiger partial charge is 0.195 e. The largest absolute Gasteiger partial charge is 0.393 e. The third kappa shape index (κ3) is 1.82. The summed E-state index contributed by atoms with van der Waals surface area (Å²) >= 11 is 1.57. The molecular formula is C11H15N3O2S. The molecule has 17 heavy (non-hydrogen) atoms. The molecule has 1 aliphatic heterocycles. The van der Waals surface area contributed by atoms with E-state index >= 15 is 0 Å². The second kappa shape index (κ2) is 4.29. The molecule has 2 N–H and O–H groups in total. The minimum absolute atomic E-state index is 0.00765. The van der Waals surface area contributed by atoms with Crippen molar-refractivity contribution in [1.82, 2.24) is 9.38 Å². The molecule has 0 aliphatic carbocycles. The number of imidazole rings is 1. The van der Waals surface area contributed by atoms with Crippen molar-refractivity contribution in [3.05, 3.63) is 17.3 Å². The molecule has 0 saturated carbocycles. The Bertz CT molecular complexity index is 514. The Morgan fingerprint density at radius 1 is 1.41 bits per heavy atom. The first-order valence-corrected chi connectivity index (χ1v) is 6.66. The van der Waals surface area contributed by atoms with Gasteiger partial charge in [-0.15, -0.1) is 11.3 Å². The number of hydrogen-bond acceptors (Lipinski definition) is 5. The Labute approximate surface area is 103 Å². The van der Waals surface area contributed by atoms with Crippen LogP contribution in [0.4, 0.5) is 5.82 Å². The van der Waals surface area contributed by atoms with Gasteiger partial charge in [-0.25, -0.2) is 4.98 Å². The molecule has 1 fully saturated rings. The normalized spacial score (nSPS) is 18.1. The standard InChI is InChI=1S/C11H15N3O2S/c15-7-9-10(12-11-14(9)5-6-17-11)13-3-1-8(16)2-4-13/h5-6,8,15-16H,1-4,7H2. The second-order valence-electron chi connectivity index (χ2n) is 4.31. The Morgan fingerprint density at radius 3 is 2.88 bits per heavy atom. The van der Waals surface area contributed by atoms with Crippen LogP contribution >= 0.6 is 11.3 Å². The summed E-state index contributed by atoms with van der Waals surface area (Å²) in [6.07, 6.45) is 3.29. The van der Waals surface area contributed by atoms with Gasteiger partial charge in [0, 0.05) is 24.7 Å². The van der Waals surface area contributed by atoms with Gasteiger partial charge in [-0.3, -0.25) is 4.40 Å². The van der Waals surface area contributed by atoms with Gasteiger partial charge in [0.05, 0.1) is 18.4 Å². The summed E-state index contributed by atoms with van der Waals surface area (Å²) < 4.78 is 1.94. The van der Waals surface area contributed by atoms with Gasteiger partial charge < -0.3 is 15.1 Å². The van der Waals surface area contributed by atoms with E-state index in [9.17, 15) is 10.2 Å². The number of rotatable bonds is 2. The highest BCUT2D eigenvalue weighted by molar-refractivity contribution is 7.15. The van der Waals surface area contributed by atoms with Crippen molar-refractivity contribution < 1.29 is 10.2 Å². The van der Waals surface area contributed by atoms with Crippen molar-refractivity contribution in [3.63, 3.8) is 0 Å². The van der Waals surface area contributed by atoms with Gasteiger partial charge in [0.15, 0.2) is 10.8 Å². The Kier molecular flexibility index (Phi) is 2.78. The maximum atomic E-state index is 9.50. The number of fused-ring (bicyclic) bond motifs is 1. The quantitative estimate of drug-likeness (QED) is 0.833. The van der Waals surface area contributed by atoms with E-state index in [2.05, 4.69) is 9.88 Å². The fourth-order valence-corrected chi connectivity index (χ4v) is 3.03. The summed E-state index contributed by atoms with van der Waals surface area (Å²) in [7, 11) is 0. The molecule has 1 saturated heterocycles. The number of thiazole rings is 1. The van der Waals surface area contributed by atoms with Gasteiger partial charge in [0.25, 0.3) is 0 Å². The minimum atomic E-state index is -0.187. The molecule has 0 radical (unpaired) electrons. The monoisotopic (exact) mass is 253 g/mol. The molecule has 0 spiro atoms. The van der Waals surface area contributed by atoms with Crippen LogP contribution in [0.2, 0.25) is 0 Å². The number of piperidine rings is 1. The predicted molar refractivity (Wildman–Crippen MR) is 66.4 cm³/mol. The average Bonchev–Trinajstić information content (AvgIpc) is 2.89. The van der Waals surface area contributed by atoms with Crippen molar-refractivity contribution in [1.29, 1.82) is 0 Å². The number of aliphatic hydroxyl groups excluding tert-OH is 2. The van der Waals surface area contributed by atoms with Gasteiger partial charge >= 0.3 is 0 Å². The van der Waals surface area contributed by atoms with E-state index in [0.717, 1.165) is 42.4 Å². The van der Waals surface area contributed by atoms with Crippen LogP contribution in [0.1, 0.15) is 18.5 Å². The molecule has 2 aromatic heterocycles. The molecular weight excluding hydrogens is 238 g/mol. The van der Waals surface area contributed by atoms with Crippen molar-refractivity contribution in [2.75, 3.05) is 18.0 Å². The highest BCUT2D eigenvalue weighted by atomic mass is 32.1. The second-order valence-corrected chi connectivity index (χ2v) is 5.19. The summed E-state index contributed by atoms with van der Waals surface area (Å²) in [5.41, 5.74) is 0.845. The fraction of sp³-hybridized carbons (Fsp3) is 0.545. The van der Waals surface area contributed by atoms with Crippen molar-refractivity contribution >= 4 is 22.1 Å². The lowest BCUT2D eigenvalue weighted by atomic mass is 10.1. The van der Waals surface area contributed by atoms with Crippen LogP contribution in [-0.4, -0.2) is 38.8 Å². The van der Waals surface area contributed by atoms with E-state index in [4.69, 9.17) is 0 Å². The zero-order valence-corrected chi connectivity index (χ0v) is 10.2. The molecule has 6 heteroatoms. The van der Waals surface area contributed by atoms with E-state index in [1.165, 1.54) is 0 Å². The first kappa shape index (κ1) is 11.0. The molecule has 0 amide bonds. The van der Waals surface area contributed by atoms with Gasteiger partial charge in [-0.05, 0) is 12.8 Å². The lowest BCUT2D eigenvalue weighted by Gasteiger charge is -2.30. The van der Waals surface area contributed by atoms with Crippen LogP contribution in [0.3, 0.4) is 0 Å². The van der Waals surface area contributed by atoms with E-state index in [1.54, 1.807) is 11.3 Å². The third-order valence-electron chi connectivity index (χ3n) is 3.25. The number of aromatic nitrogens is 2. The van der Waals surface area contributed by atoms with Crippen LogP contribution in [0.15, 0.2) is 11.6 Å². The van der Waals surface area contributed by atoms with Crippen LogP contribution < -0.4 is 4.90 Å². The number of anilines is 1. The topological polar surface area (TPSA) is 61.0 Å². The Morgan fingerprint density at radius 2 is 2.18 bits per heavy atom. The van der Waals surface area contributed by atoms with E-state index < -0.39 is 0 Å². The van der Waals surface area contributed by atoms with E-state index in [-0.39, 0.29) is 12.7 Å². The Balaban J connectivity index is 1.96. The Hall–Kier alpha value is -1.11. The SMILES string of the molecule is OCc1c(N2CCC(O)CC2)nc2sccn12. The lowest BCUT2D eigenvalue weighted by Crippen LogP contribution is -2.36. The summed E-state index contributed by atoms with van der Waals surface area (Å²) in [5.74, 6) is 0.867. The summed E-state index contributed by atoms with van der Waals surface area (Å²) in [6.45, 7) is 1.60. The van der Waals surface area contributed by atoms with Crippen molar-refractivity contribution in [3.8, 4) is 0 Å². The first-order valence-electron chi connectivity index (χ1n) is 5.78. The zero-order valence-electron chi connectivity index (χ0n) is 9.41. The van der Waals surface area contributed by atoms with Gasteiger partial charge in [0.2, 0.25) is 0 Å². The molecule has 1 aliphatic rings. The van der Waals surface area contributed by atoms with Gasteiger partial charge in [-0.2, -0.15) is 0 Å². The highest BCUT2D eigenvalue weighted by Crippen LogP contribution is 2.27. The summed E-state index contributed by atoms with van der Waals surface area (Å²) in [6, 6.07) is 0. The van der Waals surface area contributed by atoms with Gasteiger partial charge in [0.1, 0.15) is 0 Å². The molecule has 0 bridgehead atoms. The van der Waals surface area contributed by atoms with Crippen LogP contribution in [0, 0.1) is 0 Å². The van der Waals surface area contributed by atoms with Crippen molar-refractivity contribution in [2.45, 2.75) is 25.6 Å².